The lowest BCUT2D eigenvalue weighted by molar-refractivity contribution is 0.107. The Morgan fingerprint density at radius 1 is 1.21 bits per heavy atom. The number of aliphatic hydroxyl groups is 1. The monoisotopic (exact) mass is 268 g/mol. The third-order valence-corrected chi connectivity index (χ3v) is 4.91. The van der Waals surface area contributed by atoms with Gasteiger partial charge in [0.2, 0.25) is 0 Å². The number of aliphatic hydroxyl groups excluding tert-OH is 1. The molecule has 3 nitrogen and oxygen atoms in total. The maximum absolute atomic E-state index is 9.17. The predicted molar refractivity (Wildman–Crippen MR) is 80.3 cm³/mol. The summed E-state index contributed by atoms with van der Waals surface area (Å²) in [7, 11) is 0. The number of piperidine rings is 1. The molecule has 0 aromatic heterocycles. The SMILES string of the molecule is CCCCC1CC(NCC2CCC2)CN(CCO)C1. The molecular weight excluding hydrogens is 236 g/mol. The van der Waals surface area contributed by atoms with Gasteiger partial charge in [-0.3, -0.25) is 4.90 Å². The third kappa shape index (κ3) is 5.05. The topological polar surface area (TPSA) is 35.5 Å². The van der Waals surface area contributed by atoms with Gasteiger partial charge in [-0.15, -0.1) is 0 Å². The molecule has 1 aliphatic carbocycles. The Morgan fingerprint density at radius 3 is 2.68 bits per heavy atom. The quantitative estimate of drug-likeness (QED) is 0.709. The first-order chi connectivity index (χ1) is 9.31. The van der Waals surface area contributed by atoms with Crippen molar-refractivity contribution >= 4 is 0 Å². The number of unbranched alkanes of at least 4 members (excludes halogenated alkanes) is 1. The Labute approximate surface area is 118 Å². The van der Waals surface area contributed by atoms with Crippen LogP contribution in [0.2, 0.25) is 0 Å². The fraction of sp³-hybridized carbons (Fsp3) is 1.00. The van der Waals surface area contributed by atoms with E-state index in [4.69, 9.17) is 0 Å². The normalized spacial score (nSPS) is 29.4. The Morgan fingerprint density at radius 2 is 2.05 bits per heavy atom. The van der Waals surface area contributed by atoms with Crippen LogP contribution in [0.4, 0.5) is 0 Å². The standard InChI is InChI=1S/C16H32N2O/c1-2-3-5-15-10-16(13-18(12-15)8-9-19)17-11-14-6-4-7-14/h14-17,19H,2-13H2,1H3. The van der Waals surface area contributed by atoms with E-state index in [1.807, 2.05) is 0 Å². The minimum Gasteiger partial charge on any atom is -0.395 e. The average molecular weight is 268 g/mol. The molecule has 112 valence electrons. The van der Waals surface area contributed by atoms with Crippen LogP contribution >= 0.6 is 0 Å². The van der Waals surface area contributed by atoms with Crippen LogP contribution in [0.5, 0.6) is 0 Å². The Kier molecular flexibility index (Phi) is 6.62. The molecule has 3 heteroatoms. The van der Waals surface area contributed by atoms with Crippen LogP contribution in [-0.2, 0) is 0 Å². The molecule has 0 spiro atoms. The van der Waals surface area contributed by atoms with Crippen molar-refractivity contribution in [2.24, 2.45) is 11.8 Å². The highest BCUT2D eigenvalue weighted by Gasteiger charge is 2.27. The highest BCUT2D eigenvalue weighted by molar-refractivity contribution is 4.85. The number of nitrogens with one attached hydrogen (secondary N) is 1. The van der Waals surface area contributed by atoms with Gasteiger partial charge in [-0.25, -0.2) is 0 Å². The van der Waals surface area contributed by atoms with Gasteiger partial charge in [0.05, 0.1) is 6.61 Å². The number of nitrogens with zero attached hydrogens (tertiary/aromatic N) is 1. The molecule has 0 aromatic rings. The van der Waals surface area contributed by atoms with Gasteiger partial charge >= 0.3 is 0 Å². The van der Waals surface area contributed by atoms with Crippen molar-refractivity contribution in [2.75, 3.05) is 32.8 Å². The summed E-state index contributed by atoms with van der Waals surface area (Å²) in [5.41, 5.74) is 0. The van der Waals surface area contributed by atoms with E-state index in [-0.39, 0.29) is 0 Å². The van der Waals surface area contributed by atoms with E-state index in [1.165, 1.54) is 58.0 Å². The molecule has 2 unspecified atom stereocenters. The van der Waals surface area contributed by atoms with Gasteiger partial charge < -0.3 is 10.4 Å². The van der Waals surface area contributed by atoms with Gasteiger partial charge in [0.15, 0.2) is 0 Å². The Bertz CT molecular complexity index is 243. The Balaban J connectivity index is 1.75. The second-order valence-corrected chi connectivity index (χ2v) is 6.63. The third-order valence-electron chi connectivity index (χ3n) is 4.91. The van der Waals surface area contributed by atoms with Gasteiger partial charge in [0, 0.05) is 25.7 Å². The van der Waals surface area contributed by atoms with Crippen LogP contribution in [0, 0.1) is 11.8 Å². The summed E-state index contributed by atoms with van der Waals surface area (Å²) < 4.78 is 0. The highest BCUT2D eigenvalue weighted by Crippen LogP contribution is 2.26. The number of β-amino-alcohol motifs (C(OH)–C–C–N with tert-alkyl or cyclic N) is 1. The largest absolute Gasteiger partial charge is 0.395 e. The molecule has 19 heavy (non-hydrogen) atoms. The van der Waals surface area contributed by atoms with Crippen molar-refractivity contribution in [2.45, 2.75) is 57.9 Å². The van der Waals surface area contributed by atoms with Crippen molar-refractivity contribution < 1.29 is 5.11 Å². The first-order valence-corrected chi connectivity index (χ1v) is 8.38. The summed E-state index contributed by atoms with van der Waals surface area (Å²) in [5, 5.41) is 13.0. The minimum absolute atomic E-state index is 0.301. The molecule has 2 aliphatic rings. The number of hydrogen-bond donors (Lipinski definition) is 2. The molecule has 0 amide bonds. The summed E-state index contributed by atoms with van der Waals surface area (Å²) in [5.74, 6) is 1.78. The summed E-state index contributed by atoms with van der Waals surface area (Å²) in [6, 6.07) is 0.655. The van der Waals surface area contributed by atoms with Crippen LogP contribution in [0.25, 0.3) is 0 Å². The molecule has 2 N–H and O–H groups in total. The van der Waals surface area contributed by atoms with Crippen LogP contribution in [0.1, 0.15) is 51.9 Å². The van der Waals surface area contributed by atoms with Gasteiger partial charge in [0.25, 0.3) is 0 Å². The molecule has 2 rings (SSSR count). The first-order valence-electron chi connectivity index (χ1n) is 8.38. The van der Waals surface area contributed by atoms with Crippen molar-refractivity contribution in [3.63, 3.8) is 0 Å². The lowest BCUT2D eigenvalue weighted by Crippen LogP contribution is -2.51. The molecule has 0 radical (unpaired) electrons. The second-order valence-electron chi connectivity index (χ2n) is 6.63. The maximum Gasteiger partial charge on any atom is 0.0558 e. The molecular formula is C16H32N2O. The summed E-state index contributed by atoms with van der Waals surface area (Å²) in [4.78, 5) is 2.46. The average Bonchev–Trinajstić information content (AvgIpc) is 2.35. The maximum atomic E-state index is 9.17. The Hall–Kier alpha value is -0.120. The van der Waals surface area contributed by atoms with Crippen molar-refractivity contribution in [3.05, 3.63) is 0 Å². The van der Waals surface area contributed by atoms with E-state index in [9.17, 15) is 5.11 Å². The lowest BCUT2D eigenvalue weighted by atomic mass is 9.84. The molecule has 2 atom stereocenters. The van der Waals surface area contributed by atoms with Gasteiger partial charge in [0.1, 0.15) is 0 Å². The number of hydrogen-bond acceptors (Lipinski definition) is 3. The molecule has 0 aromatic carbocycles. The minimum atomic E-state index is 0.301. The fourth-order valence-electron chi connectivity index (χ4n) is 3.51. The second kappa shape index (κ2) is 8.23. The van der Waals surface area contributed by atoms with Gasteiger partial charge in [-0.1, -0.05) is 26.2 Å². The van der Waals surface area contributed by atoms with Crippen LogP contribution in [0.3, 0.4) is 0 Å². The zero-order valence-corrected chi connectivity index (χ0v) is 12.6. The zero-order chi connectivity index (χ0) is 13.5. The molecule has 1 saturated heterocycles. The van der Waals surface area contributed by atoms with E-state index in [2.05, 4.69) is 17.1 Å². The van der Waals surface area contributed by atoms with E-state index < -0.39 is 0 Å². The smallest absolute Gasteiger partial charge is 0.0558 e. The predicted octanol–water partition coefficient (Wildman–Crippen LogP) is 2.25. The number of rotatable bonds is 8. The molecule has 1 heterocycles. The van der Waals surface area contributed by atoms with E-state index >= 15 is 0 Å². The van der Waals surface area contributed by atoms with Crippen molar-refractivity contribution in [3.8, 4) is 0 Å². The summed E-state index contributed by atoms with van der Waals surface area (Å²) in [6.07, 6.45) is 9.66. The van der Waals surface area contributed by atoms with E-state index in [1.54, 1.807) is 0 Å². The van der Waals surface area contributed by atoms with Crippen LogP contribution < -0.4 is 5.32 Å². The fourth-order valence-corrected chi connectivity index (χ4v) is 3.51. The van der Waals surface area contributed by atoms with Crippen molar-refractivity contribution in [1.82, 2.24) is 10.2 Å². The van der Waals surface area contributed by atoms with Crippen LogP contribution in [0.15, 0.2) is 0 Å². The molecule has 0 bridgehead atoms. The first kappa shape index (κ1) is 15.3. The molecule has 1 aliphatic heterocycles. The van der Waals surface area contributed by atoms with Crippen LogP contribution in [-0.4, -0.2) is 48.8 Å². The molecule has 1 saturated carbocycles. The van der Waals surface area contributed by atoms with Gasteiger partial charge in [-0.2, -0.15) is 0 Å². The van der Waals surface area contributed by atoms with E-state index in [0.717, 1.165) is 24.9 Å². The van der Waals surface area contributed by atoms with E-state index in [0.29, 0.717) is 12.6 Å². The number of likely N-dealkylation sites (tertiary alicyclic amines) is 1. The highest BCUT2D eigenvalue weighted by atomic mass is 16.3. The van der Waals surface area contributed by atoms with Crippen molar-refractivity contribution in [1.29, 1.82) is 0 Å². The summed E-state index contributed by atoms with van der Waals surface area (Å²) in [6.45, 7) is 6.98. The summed E-state index contributed by atoms with van der Waals surface area (Å²) >= 11 is 0. The zero-order valence-electron chi connectivity index (χ0n) is 12.6. The lowest BCUT2D eigenvalue weighted by Gasteiger charge is -2.39. The van der Waals surface area contributed by atoms with Gasteiger partial charge in [-0.05, 0) is 44.1 Å². The molecule has 2 fully saturated rings.